The second kappa shape index (κ2) is 6.27. The number of fused-ring (bicyclic) bond motifs is 3. The van der Waals surface area contributed by atoms with E-state index in [9.17, 15) is 0 Å². The molecule has 0 bridgehead atoms. The molecule has 1 aliphatic rings. The van der Waals surface area contributed by atoms with E-state index in [4.69, 9.17) is 0 Å². The number of hydrogen-bond acceptors (Lipinski definition) is 1. The summed E-state index contributed by atoms with van der Waals surface area (Å²) in [5.74, 6) is 0. The number of anilines is 2. The minimum atomic E-state index is 0.0418. The van der Waals surface area contributed by atoms with Gasteiger partial charge in [0.1, 0.15) is 0 Å². The smallest absolute Gasteiger partial charge is 0.0387 e. The lowest BCUT2D eigenvalue weighted by Crippen LogP contribution is -2.15. The summed E-state index contributed by atoms with van der Waals surface area (Å²) in [6, 6.07) is 24.4. The van der Waals surface area contributed by atoms with Gasteiger partial charge < -0.3 is 5.32 Å². The molecular weight excluding hydrogens is 326 g/mol. The van der Waals surface area contributed by atoms with Gasteiger partial charge in [0.25, 0.3) is 0 Å². The third kappa shape index (κ3) is 3.39. The van der Waals surface area contributed by atoms with Crippen LogP contribution in [0.4, 0.5) is 11.4 Å². The van der Waals surface area contributed by atoms with Gasteiger partial charge in [-0.05, 0) is 63.9 Å². The number of benzene rings is 3. The fraction of sp³-hybridized carbons (Fsp3) is 0.308. The molecule has 0 spiro atoms. The minimum absolute atomic E-state index is 0.0418. The predicted octanol–water partition coefficient (Wildman–Crippen LogP) is 7.33. The van der Waals surface area contributed by atoms with Crippen molar-refractivity contribution in [1.29, 1.82) is 0 Å². The van der Waals surface area contributed by atoms with Crippen LogP contribution < -0.4 is 5.32 Å². The van der Waals surface area contributed by atoms with Gasteiger partial charge in [-0.15, -0.1) is 0 Å². The van der Waals surface area contributed by atoms with Crippen molar-refractivity contribution >= 4 is 11.4 Å². The molecule has 4 rings (SSSR count). The molecule has 0 fully saturated rings. The van der Waals surface area contributed by atoms with Crippen molar-refractivity contribution in [2.45, 2.75) is 46.5 Å². The molecule has 3 aromatic carbocycles. The highest BCUT2D eigenvalue weighted by Gasteiger charge is 2.35. The second-order valence-electron chi connectivity index (χ2n) is 9.49. The van der Waals surface area contributed by atoms with Crippen molar-refractivity contribution in [3.05, 3.63) is 83.4 Å². The van der Waals surface area contributed by atoms with E-state index in [-0.39, 0.29) is 5.41 Å². The Labute approximate surface area is 163 Å². The Balaban J connectivity index is 1.60. The molecule has 0 amide bonds. The Morgan fingerprint density at radius 1 is 0.741 bits per heavy atom. The molecule has 0 heterocycles. The Hall–Kier alpha value is -2.54. The first kappa shape index (κ1) is 17.9. The molecule has 1 N–H and O–H groups in total. The summed E-state index contributed by atoms with van der Waals surface area (Å²) >= 11 is 0. The molecule has 0 atom stereocenters. The highest BCUT2D eigenvalue weighted by Crippen LogP contribution is 2.49. The highest BCUT2D eigenvalue weighted by molar-refractivity contribution is 5.82. The van der Waals surface area contributed by atoms with Crippen molar-refractivity contribution in [2.75, 3.05) is 5.32 Å². The number of nitrogens with one attached hydrogen (secondary N) is 1. The first-order chi connectivity index (χ1) is 12.7. The van der Waals surface area contributed by atoms with Crippen LogP contribution in [0, 0.1) is 5.41 Å². The zero-order valence-electron chi connectivity index (χ0n) is 17.1. The van der Waals surface area contributed by atoms with Gasteiger partial charge in [-0.25, -0.2) is 0 Å². The first-order valence-corrected chi connectivity index (χ1v) is 9.84. The molecule has 0 radical (unpaired) electrons. The van der Waals surface area contributed by atoms with Crippen molar-refractivity contribution in [1.82, 2.24) is 0 Å². The van der Waals surface area contributed by atoms with Gasteiger partial charge >= 0.3 is 0 Å². The van der Waals surface area contributed by atoms with Crippen molar-refractivity contribution in [3.63, 3.8) is 0 Å². The summed E-state index contributed by atoms with van der Waals surface area (Å²) in [7, 11) is 0. The van der Waals surface area contributed by atoms with Crippen molar-refractivity contribution in [3.8, 4) is 11.1 Å². The zero-order valence-corrected chi connectivity index (χ0v) is 17.1. The lowest BCUT2D eigenvalue weighted by Gasteiger charge is -2.22. The van der Waals surface area contributed by atoms with E-state index in [1.807, 2.05) is 0 Å². The molecule has 0 saturated heterocycles. The number of hydrogen-bond donors (Lipinski definition) is 1. The van der Waals surface area contributed by atoms with E-state index >= 15 is 0 Å². The average molecular weight is 356 g/mol. The SMILES string of the molecule is CC(C)(C)Cc1ccc(Nc2ccc3c(c2)C(C)(C)c2ccccc2-3)cc1. The third-order valence-electron chi connectivity index (χ3n) is 5.56. The van der Waals surface area contributed by atoms with Gasteiger partial charge in [0, 0.05) is 16.8 Å². The maximum Gasteiger partial charge on any atom is 0.0387 e. The largest absolute Gasteiger partial charge is 0.356 e. The molecule has 0 unspecified atom stereocenters. The molecule has 1 nitrogen and oxygen atoms in total. The normalized spacial score (nSPS) is 14.6. The molecule has 27 heavy (non-hydrogen) atoms. The Morgan fingerprint density at radius 2 is 1.37 bits per heavy atom. The van der Waals surface area contributed by atoms with Crippen LogP contribution in [0.1, 0.15) is 51.3 Å². The first-order valence-electron chi connectivity index (χ1n) is 9.84. The Morgan fingerprint density at radius 3 is 2.07 bits per heavy atom. The van der Waals surface area contributed by atoms with Gasteiger partial charge in [0.05, 0.1) is 0 Å². The molecule has 1 heteroatoms. The van der Waals surface area contributed by atoms with E-state index in [2.05, 4.69) is 107 Å². The third-order valence-corrected chi connectivity index (χ3v) is 5.56. The highest BCUT2D eigenvalue weighted by atomic mass is 14.9. The van der Waals surface area contributed by atoms with Crippen molar-refractivity contribution in [2.24, 2.45) is 5.41 Å². The van der Waals surface area contributed by atoms with Gasteiger partial charge in [0.2, 0.25) is 0 Å². The molecule has 0 saturated carbocycles. The van der Waals surface area contributed by atoms with Crippen LogP contribution in [-0.4, -0.2) is 0 Å². The summed E-state index contributed by atoms with van der Waals surface area (Å²) in [6.45, 7) is 11.5. The van der Waals surface area contributed by atoms with Gasteiger partial charge in [-0.3, -0.25) is 0 Å². The van der Waals surface area contributed by atoms with Crippen LogP contribution in [-0.2, 0) is 11.8 Å². The molecule has 3 aromatic rings. The topological polar surface area (TPSA) is 12.0 Å². The van der Waals surface area contributed by atoms with E-state index in [0.29, 0.717) is 5.41 Å². The van der Waals surface area contributed by atoms with Crippen LogP contribution in [0.5, 0.6) is 0 Å². The van der Waals surface area contributed by atoms with Crippen LogP contribution in [0.3, 0.4) is 0 Å². The van der Waals surface area contributed by atoms with E-state index < -0.39 is 0 Å². The van der Waals surface area contributed by atoms with Crippen LogP contribution >= 0.6 is 0 Å². The lowest BCUT2D eigenvalue weighted by atomic mass is 9.82. The summed E-state index contributed by atoms with van der Waals surface area (Å²) < 4.78 is 0. The van der Waals surface area contributed by atoms with Crippen LogP contribution in [0.15, 0.2) is 66.7 Å². The average Bonchev–Trinajstić information content (AvgIpc) is 2.84. The van der Waals surface area contributed by atoms with Crippen LogP contribution in [0.25, 0.3) is 11.1 Å². The fourth-order valence-corrected chi connectivity index (χ4v) is 4.27. The maximum atomic E-state index is 3.59. The van der Waals surface area contributed by atoms with E-state index in [0.717, 1.165) is 17.8 Å². The Kier molecular flexibility index (Phi) is 4.14. The van der Waals surface area contributed by atoms with Gasteiger partial charge in [-0.1, -0.05) is 77.1 Å². The molecule has 138 valence electrons. The molecule has 0 aromatic heterocycles. The maximum absolute atomic E-state index is 3.59. The van der Waals surface area contributed by atoms with Gasteiger partial charge in [0.15, 0.2) is 0 Å². The summed E-state index contributed by atoms with van der Waals surface area (Å²) in [5.41, 5.74) is 9.59. The van der Waals surface area contributed by atoms with E-state index in [1.54, 1.807) is 0 Å². The van der Waals surface area contributed by atoms with Crippen molar-refractivity contribution < 1.29 is 0 Å². The Bertz CT molecular complexity index is 972. The molecular formula is C26H29N. The fourth-order valence-electron chi connectivity index (χ4n) is 4.27. The summed E-state index contributed by atoms with van der Waals surface area (Å²) in [4.78, 5) is 0. The zero-order chi connectivity index (χ0) is 19.2. The standard InChI is InChI=1S/C26H29N/c1-25(2,3)17-18-10-12-19(13-11-18)27-20-14-15-22-21-8-6-7-9-23(21)26(4,5)24(22)16-20/h6-16,27H,17H2,1-5H3. The summed E-state index contributed by atoms with van der Waals surface area (Å²) in [6.07, 6.45) is 1.10. The molecule has 0 aliphatic heterocycles. The lowest BCUT2D eigenvalue weighted by molar-refractivity contribution is 0.411. The quantitative estimate of drug-likeness (QED) is 0.519. The van der Waals surface area contributed by atoms with E-state index in [1.165, 1.54) is 27.8 Å². The summed E-state index contributed by atoms with van der Waals surface area (Å²) in [5, 5.41) is 3.59. The predicted molar refractivity (Wildman–Crippen MR) is 117 cm³/mol. The molecule has 1 aliphatic carbocycles. The van der Waals surface area contributed by atoms with Gasteiger partial charge in [-0.2, -0.15) is 0 Å². The van der Waals surface area contributed by atoms with Crippen LogP contribution in [0.2, 0.25) is 0 Å². The second-order valence-corrected chi connectivity index (χ2v) is 9.49. The minimum Gasteiger partial charge on any atom is -0.356 e. The number of rotatable bonds is 3. The monoisotopic (exact) mass is 355 g/mol.